The SMILES string of the molecule is [N-]=C(O)c1ccc2c(c1)-c1ccccc1C2OC(F)F. The lowest BCUT2D eigenvalue weighted by molar-refractivity contribution is -0.152. The summed E-state index contributed by atoms with van der Waals surface area (Å²) in [5.41, 5.74) is 2.91. The Morgan fingerprint density at radius 2 is 1.80 bits per heavy atom. The van der Waals surface area contributed by atoms with Crippen LogP contribution in [0.4, 0.5) is 8.78 Å². The summed E-state index contributed by atoms with van der Waals surface area (Å²) in [6.45, 7) is -2.88. The third kappa shape index (κ3) is 1.96. The fourth-order valence-corrected chi connectivity index (χ4v) is 2.55. The fraction of sp³-hybridized carbons (Fsp3) is 0.133. The second-order valence-corrected chi connectivity index (χ2v) is 4.49. The fourth-order valence-electron chi connectivity index (χ4n) is 2.55. The molecular formula is C15H10F2NO2-. The summed E-state index contributed by atoms with van der Waals surface area (Å²) in [4.78, 5) is 0. The van der Waals surface area contributed by atoms with Gasteiger partial charge in [0.2, 0.25) is 0 Å². The van der Waals surface area contributed by atoms with Crippen molar-refractivity contribution >= 4 is 5.90 Å². The molecular weight excluding hydrogens is 264 g/mol. The van der Waals surface area contributed by atoms with E-state index < -0.39 is 18.6 Å². The minimum Gasteiger partial charge on any atom is -0.771 e. The van der Waals surface area contributed by atoms with Gasteiger partial charge in [-0.3, -0.25) is 0 Å². The zero-order valence-electron chi connectivity index (χ0n) is 10.3. The van der Waals surface area contributed by atoms with Gasteiger partial charge in [-0.05, 0) is 39.8 Å². The summed E-state index contributed by atoms with van der Waals surface area (Å²) < 4.78 is 29.9. The molecule has 1 atom stereocenters. The first-order chi connectivity index (χ1) is 9.58. The molecule has 1 aliphatic rings. The van der Waals surface area contributed by atoms with Crippen LogP contribution in [0.25, 0.3) is 16.5 Å². The molecule has 3 nitrogen and oxygen atoms in total. The van der Waals surface area contributed by atoms with E-state index in [2.05, 4.69) is 0 Å². The molecule has 0 radical (unpaired) electrons. The van der Waals surface area contributed by atoms with Crippen LogP contribution in [-0.2, 0) is 4.74 Å². The van der Waals surface area contributed by atoms with Crippen molar-refractivity contribution < 1.29 is 18.6 Å². The van der Waals surface area contributed by atoms with Crippen molar-refractivity contribution in [1.82, 2.24) is 0 Å². The molecule has 0 heterocycles. The number of alkyl halides is 2. The van der Waals surface area contributed by atoms with Crippen molar-refractivity contribution in [3.05, 3.63) is 64.6 Å². The molecule has 1 unspecified atom stereocenters. The van der Waals surface area contributed by atoms with Crippen LogP contribution in [0, 0.1) is 0 Å². The van der Waals surface area contributed by atoms with E-state index in [1.807, 2.05) is 0 Å². The molecule has 0 aromatic heterocycles. The van der Waals surface area contributed by atoms with Gasteiger partial charge in [0.25, 0.3) is 0 Å². The lowest BCUT2D eigenvalue weighted by Gasteiger charge is -2.14. The topological polar surface area (TPSA) is 51.8 Å². The van der Waals surface area contributed by atoms with Crippen molar-refractivity contribution in [2.45, 2.75) is 12.7 Å². The van der Waals surface area contributed by atoms with Crippen LogP contribution in [0.3, 0.4) is 0 Å². The number of benzene rings is 2. The quantitative estimate of drug-likeness (QED) is 0.682. The molecule has 0 saturated carbocycles. The monoisotopic (exact) mass is 274 g/mol. The molecule has 0 fully saturated rings. The molecule has 20 heavy (non-hydrogen) atoms. The summed E-state index contributed by atoms with van der Waals surface area (Å²) in [5.74, 6) is -0.802. The van der Waals surface area contributed by atoms with Gasteiger partial charge in [-0.2, -0.15) is 8.78 Å². The van der Waals surface area contributed by atoms with Crippen molar-refractivity contribution in [3.63, 3.8) is 0 Å². The summed E-state index contributed by atoms with van der Waals surface area (Å²) in [6, 6.07) is 11.7. The highest BCUT2D eigenvalue weighted by Crippen LogP contribution is 2.46. The zero-order chi connectivity index (χ0) is 14.3. The first kappa shape index (κ1) is 12.7. The predicted octanol–water partition coefficient (Wildman–Crippen LogP) is 3.87. The Morgan fingerprint density at radius 3 is 2.50 bits per heavy atom. The van der Waals surface area contributed by atoms with Gasteiger partial charge in [-0.25, -0.2) is 0 Å². The van der Waals surface area contributed by atoms with Crippen LogP contribution >= 0.6 is 0 Å². The summed E-state index contributed by atoms with van der Waals surface area (Å²) in [7, 11) is 0. The van der Waals surface area contributed by atoms with Crippen molar-refractivity contribution in [1.29, 1.82) is 0 Å². The number of hydrogen-bond acceptors (Lipinski definition) is 1. The lowest BCUT2D eigenvalue weighted by Crippen LogP contribution is -2.07. The molecule has 0 bridgehead atoms. The first-order valence-electron chi connectivity index (χ1n) is 6.00. The summed E-state index contributed by atoms with van der Waals surface area (Å²) in [5, 5.41) is 18.3. The number of aliphatic hydroxyl groups excluding tert-OH is 1. The minimum absolute atomic E-state index is 0.233. The number of rotatable bonds is 3. The normalized spacial score (nSPS) is 16.1. The number of aliphatic hydroxyl groups is 1. The van der Waals surface area contributed by atoms with E-state index in [0.717, 1.165) is 5.56 Å². The molecule has 5 heteroatoms. The molecule has 0 amide bonds. The molecule has 2 aromatic carbocycles. The zero-order valence-corrected chi connectivity index (χ0v) is 10.3. The van der Waals surface area contributed by atoms with Crippen molar-refractivity contribution in [2.75, 3.05) is 0 Å². The van der Waals surface area contributed by atoms with E-state index in [1.165, 1.54) is 6.07 Å². The summed E-state index contributed by atoms with van der Waals surface area (Å²) in [6.07, 6.45) is -0.837. The van der Waals surface area contributed by atoms with Crippen LogP contribution in [0.2, 0.25) is 0 Å². The minimum atomic E-state index is -2.88. The molecule has 1 aliphatic carbocycles. The van der Waals surface area contributed by atoms with Crippen LogP contribution in [0.15, 0.2) is 42.5 Å². The number of halogens is 2. The number of ether oxygens (including phenoxy) is 1. The second kappa shape index (κ2) is 4.68. The van der Waals surface area contributed by atoms with Crippen LogP contribution < -0.4 is 0 Å². The maximum absolute atomic E-state index is 12.6. The van der Waals surface area contributed by atoms with Gasteiger partial charge in [-0.15, -0.1) is 0 Å². The molecule has 1 N–H and O–H groups in total. The highest BCUT2D eigenvalue weighted by atomic mass is 19.3. The third-order valence-corrected chi connectivity index (χ3v) is 3.37. The molecule has 3 rings (SSSR count). The molecule has 2 aromatic rings. The van der Waals surface area contributed by atoms with E-state index in [1.54, 1.807) is 36.4 Å². The average molecular weight is 274 g/mol. The average Bonchev–Trinajstić information content (AvgIpc) is 2.73. The molecule has 102 valence electrons. The van der Waals surface area contributed by atoms with E-state index in [9.17, 15) is 8.78 Å². The van der Waals surface area contributed by atoms with Crippen LogP contribution in [-0.4, -0.2) is 17.6 Å². The molecule has 0 aliphatic heterocycles. The van der Waals surface area contributed by atoms with Crippen LogP contribution in [0.5, 0.6) is 0 Å². The van der Waals surface area contributed by atoms with Gasteiger partial charge in [0.1, 0.15) is 6.10 Å². The Balaban J connectivity index is 2.17. The van der Waals surface area contributed by atoms with Gasteiger partial charge < -0.3 is 15.3 Å². The standard InChI is InChI=1S/C15H10F2NO2/c16-15(17)20-13-10-4-2-1-3-9(10)12-7-8(14(18)19)5-6-11(12)13/h1-7,13,15H,(H-,18,19)/q-1. The third-order valence-electron chi connectivity index (χ3n) is 3.37. The highest BCUT2D eigenvalue weighted by molar-refractivity contribution is 5.97. The maximum atomic E-state index is 12.6. The Labute approximate surface area is 114 Å². The van der Waals surface area contributed by atoms with E-state index >= 15 is 0 Å². The largest absolute Gasteiger partial charge is 0.771 e. The van der Waals surface area contributed by atoms with Crippen molar-refractivity contribution in [3.8, 4) is 11.1 Å². The van der Waals surface area contributed by atoms with Gasteiger partial charge in [0.15, 0.2) is 0 Å². The van der Waals surface area contributed by atoms with E-state index in [4.69, 9.17) is 15.3 Å². The molecule has 0 saturated heterocycles. The van der Waals surface area contributed by atoms with Gasteiger partial charge in [-0.1, -0.05) is 36.4 Å². The first-order valence-corrected chi connectivity index (χ1v) is 6.00. The van der Waals surface area contributed by atoms with Gasteiger partial charge in [0.05, 0.1) is 0 Å². The van der Waals surface area contributed by atoms with Gasteiger partial charge >= 0.3 is 6.61 Å². The molecule has 0 spiro atoms. The second-order valence-electron chi connectivity index (χ2n) is 4.49. The van der Waals surface area contributed by atoms with E-state index in [0.29, 0.717) is 16.7 Å². The van der Waals surface area contributed by atoms with E-state index in [-0.39, 0.29) is 5.56 Å². The summed E-state index contributed by atoms with van der Waals surface area (Å²) >= 11 is 0. The number of nitrogens with zero attached hydrogens (tertiary/aromatic N) is 1. The van der Waals surface area contributed by atoms with Crippen molar-refractivity contribution in [2.24, 2.45) is 0 Å². The number of fused-ring (bicyclic) bond motifs is 3. The predicted molar refractivity (Wildman–Crippen MR) is 70.9 cm³/mol. The maximum Gasteiger partial charge on any atom is 0.346 e. The Morgan fingerprint density at radius 1 is 1.10 bits per heavy atom. The lowest BCUT2D eigenvalue weighted by atomic mass is 10.0. The Hall–Kier alpha value is -2.27. The highest BCUT2D eigenvalue weighted by Gasteiger charge is 2.31. The number of hydrogen-bond donors (Lipinski definition) is 1. The van der Waals surface area contributed by atoms with Crippen LogP contribution in [0.1, 0.15) is 22.8 Å². The Kier molecular flexibility index (Phi) is 2.99. The Bertz CT molecular complexity index is 685. The van der Waals surface area contributed by atoms with Gasteiger partial charge in [0, 0.05) is 0 Å². The smallest absolute Gasteiger partial charge is 0.346 e.